The van der Waals surface area contributed by atoms with Gasteiger partial charge in [0.05, 0.1) is 0 Å². The van der Waals surface area contributed by atoms with E-state index in [1.807, 2.05) is 13.8 Å². The van der Waals surface area contributed by atoms with Crippen molar-refractivity contribution < 1.29 is 17.9 Å². The predicted octanol–water partition coefficient (Wildman–Crippen LogP) is 2.62. The molecule has 0 bridgehead atoms. The number of hydrogen-bond donors (Lipinski definition) is 1. The Morgan fingerprint density at radius 1 is 1.29 bits per heavy atom. The van der Waals surface area contributed by atoms with Crippen molar-refractivity contribution in [1.82, 2.24) is 10.2 Å². The van der Waals surface area contributed by atoms with E-state index in [-0.39, 0.29) is 9.47 Å². The molecule has 0 aliphatic rings. The molecule has 0 saturated heterocycles. The van der Waals surface area contributed by atoms with E-state index in [2.05, 4.69) is 15.5 Å². The van der Waals surface area contributed by atoms with Crippen molar-refractivity contribution in [1.29, 1.82) is 0 Å². The summed E-state index contributed by atoms with van der Waals surface area (Å²) in [6.07, 6.45) is 0.214. The van der Waals surface area contributed by atoms with Gasteiger partial charge in [-0.2, -0.15) is 0 Å². The summed E-state index contributed by atoms with van der Waals surface area (Å²) in [4.78, 5) is 12.1. The van der Waals surface area contributed by atoms with E-state index in [1.165, 1.54) is 0 Å². The second-order valence-corrected chi connectivity index (χ2v) is 8.81. The first-order chi connectivity index (χ1) is 11.1. The molecule has 0 aliphatic heterocycles. The fraction of sp³-hybridized carbons (Fsp3) is 0.357. The number of nitrogens with zero attached hydrogens (tertiary/aromatic N) is 2. The topological polar surface area (TPSA) is 98.2 Å². The Hall–Kier alpha value is -1.71. The Balaban J connectivity index is 2.06. The van der Waals surface area contributed by atoms with Crippen molar-refractivity contribution in [2.24, 2.45) is 0 Å². The number of hydrogen-bond acceptors (Lipinski definition) is 7. The molecule has 1 atom stereocenters. The number of aromatic nitrogens is 2. The van der Waals surface area contributed by atoms with Crippen molar-refractivity contribution >= 4 is 43.8 Å². The largest absolute Gasteiger partial charge is 0.481 e. The van der Waals surface area contributed by atoms with Gasteiger partial charge in [0.25, 0.3) is 5.91 Å². The molecule has 24 heavy (non-hydrogen) atoms. The number of halogens is 1. The van der Waals surface area contributed by atoms with Gasteiger partial charge in [-0.05, 0) is 44.0 Å². The molecule has 2 aromatic rings. The lowest BCUT2D eigenvalue weighted by atomic mass is 10.1. The van der Waals surface area contributed by atoms with Crippen LogP contribution in [0.1, 0.15) is 18.1 Å². The third-order valence-corrected chi connectivity index (χ3v) is 6.15. The highest BCUT2D eigenvalue weighted by atomic mass is 35.5. The van der Waals surface area contributed by atoms with Crippen LogP contribution in [0.5, 0.6) is 5.75 Å². The molecule has 0 unspecified atom stereocenters. The van der Waals surface area contributed by atoms with Crippen LogP contribution in [-0.4, -0.2) is 36.9 Å². The molecular weight excluding hydrogens is 374 g/mol. The molecule has 1 amide bonds. The number of sulfone groups is 1. The van der Waals surface area contributed by atoms with Gasteiger partial charge in [0.2, 0.25) is 19.3 Å². The lowest BCUT2D eigenvalue weighted by Gasteiger charge is -2.15. The summed E-state index contributed by atoms with van der Waals surface area (Å²) >= 11 is 6.88. The van der Waals surface area contributed by atoms with Gasteiger partial charge in [0.1, 0.15) is 5.75 Å². The number of carbonyl (C=O) groups is 1. The van der Waals surface area contributed by atoms with Crippen LogP contribution >= 0.6 is 22.9 Å². The number of aryl methyl sites for hydroxylation is 2. The Morgan fingerprint density at radius 3 is 2.38 bits per heavy atom. The molecule has 1 heterocycles. The van der Waals surface area contributed by atoms with Crippen LogP contribution in [0.3, 0.4) is 0 Å². The summed E-state index contributed by atoms with van der Waals surface area (Å²) < 4.78 is 28.2. The van der Waals surface area contributed by atoms with Gasteiger partial charge in [-0.3, -0.25) is 10.1 Å². The first kappa shape index (κ1) is 18.6. The summed E-state index contributed by atoms with van der Waals surface area (Å²) in [5.74, 6) is 0.0580. The average Bonchev–Trinajstić information content (AvgIpc) is 2.93. The van der Waals surface area contributed by atoms with Crippen molar-refractivity contribution in [3.63, 3.8) is 0 Å². The van der Waals surface area contributed by atoms with Crippen LogP contribution in [0.25, 0.3) is 0 Å². The van der Waals surface area contributed by atoms with Crippen molar-refractivity contribution in [3.8, 4) is 5.75 Å². The first-order valence-corrected chi connectivity index (χ1v) is 9.94. The van der Waals surface area contributed by atoms with E-state index in [4.69, 9.17) is 16.3 Å². The summed E-state index contributed by atoms with van der Waals surface area (Å²) in [7, 11) is -3.45. The van der Waals surface area contributed by atoms with Crippen LogP contribution in [0.2, 0.25) is 5.02 Å². The van der Waals surface area contributed by atoms with Gasteiger partial charge in [0, 0.05) is 11.3 Å². The van der Waals surface area contributed by atoms with Crippen LogP contribution < -0.4 is 10.1 Å². The van der Waals surface area contributed by atoms with Crippen LogP contribution in [-0.2, 0) is 14.6 Å². The minimum Gasteiger partial charge on any atom is -0.481 e. The molecule has 1 aromatic heterocycles. The Labute approximate surface area is 148 Å². The summed E-state index contributed by atoms with van der Waals surface area (Å²) in [6.45, 7) is 5.27. The zero-order chi connectivity index (χ0) is 18.1. The second kappa shape index (κ2) is 7.04. The maximum Gasteiger partial charge on any atom is 0.266 e. The molecule has 0 fully saturated rings. The first-order valence-electron chi connectivity index (χ1n) is 6.85. The SMILES string of the molecule is Cc1cc(O[C@@H](C)C(=O)Nc2nnc(S(C)(=O)=O)s2)cc(C)c1Cl. The Morgan fingerprint density at radius 2 is 1.88 bits per heavy atom. The Kier molecular flexibility index (Phi) is 5.46. The van der Waals surface area contributed by atoms with Crippen LogP contribution in [0.15, 0.2) is 16.5 Å². The molecule has 2 rings (SSSR count). The number of amides is 1. The molecule has 1 N–H and O–H groups in total. The fourth-order valence-electron chi connectivity index (χ4n) is 1.85. The highest BCUT2D eigenvalue weighted by Crippen LogP contribution is 2.26. The van der Waals surface area contributed by atoms with Gasteiger partial charge in [-0.1, -0.05) is 22.9 Å². The van der Waals surface area contributed by atoms with E-state index in [9.17, 15) is 13.2 Å². The summed E-state index contributed by atoms with van der Waals surface area (Å²) in [5, 5.41) is 10.4. The minimum atomic E-state index is -3.45. The molecule has 130 valence electrons. The molecular formula is C14H16ClN3O4S2. The van der Waals surface area contributed by atoms with Gasteiger partial charge in [-0.15, -0.1) is 10.2 Å². The fourth-order valence-corrected chi connectivity index (χ4v) is 3.47. The highest BCUT2D eigenvalue weighted by Gasteiger charge is 2.20. The maximum absolute atomic E-state index is 12.1. The molecule has 0 saturated carbocycles. The van der Waals surface area contributed by atoms with E-state index in [0.717, 1.165) is 28.7 Å². The zero-order valence-electron chi connectivity index (χ0n) is 13.5. The number of benzene rings is 1. The van der Waals surface area contributed by atoms with E-state index >= 15 is 0 Å². The zero-order valence-corrected chi connectivity index (χ0v) is 15.8. The van der Waals surface area contributed by atoms with E-state index < -0.39 is 21.8 Å². The monoisotopic (exact) mass is 389 g/mol. The predicted molar refractivity (Wildman–Crippen MR) is 92.7 cm³/mol. The van der Waals surface area contributed by atoms with Crippen LogP contribution in [0.4, 0.5) is 5.13 Å². The molecule has 0 spiro atoms. The smallest absolute Gasteiger partial charge is 0.266 e. The normalized spacial score (nSPS) is 12.7. The third kappa shape index (κ3) is 4.43. The summed E-state index contributed by atoms with van der Waals surface area (Å²) in [6, 6.07) is 3.48. The van der Waals surface area contributed by atoms with Gasteiger partial charge in [0.15, 0.2) is 6.10 Å². The number of carbonyl (C=O) groups excluding carboxylic acids is 1. The van der Waals surface area contributed by atoms with Crippen molar-refractivity contribution in [2.75, 3.05) is 11.6 Å². The van der Waals surface area contributed by atoms with Gasteiger partial charge in [-0.25, -0.2) is 8.42 Å². The lowest BCUT2D eigenvalue weighted by Crippen LogP contribution is -2.30. The van der Waals surface area contributed by atoms with Crippen molar-refractivity contribution in [3.05, 3.63) is 28.3 Å². The number of anilines is 1. The standard InChI is InChI=1S/C14H16ClN3O4S2/c1-7-5-10(6-8(2)11(7)15)22-9(3)12(19)16-13-17-18-14(23-13)24(4,20)21/h5-6,9H,1-4H3,(H,16,17,19)/t9-/m0/s1. The summed E-state index contributed by atoms with van der Waals surface area (Å²) in [5.41, 5.74) is 1.70. The minimum absolute atomic E-state index is 0.0966. The highest BCUT2D eigenvalue weighted by molar-refractivity contribution is 7.92. The number of rotatable bonds is 5. The van der Waals surface area contributed by atoms with Crippen LogP contribution in [0, 0.1) is 13.8 Å². The number of nitrogens with one attached hydrogen (secondary N) is 1. The van der Waals surface area contributed by atoms with E-state index in [0.29, 0.717) is 10.8 Å². The number of ether oxygens (including phenoxy) is 1. The lowest BCUT2D eigenvalue weighted by molar-refractivity contribution is -0.122. The quantitative estimate of drug-likeness (QED) is 0.789. The van der Waals surface area contributed by atoms with Crippen molar-refractivity contribution in [2.45, 2.75) is 31.2 Å². The average molecular weight is 390 g/mol. The second-order valence-electron chi connectivity index (χ2n) is 5.27. The molecule has 0 aliphatic carbocycles. The molecule has 7 nitrogen and oxygen atoms in total. The van der Waals surface area contributed by atoms with E-state index in [1.54, 1.807) is 19.1 Å². The third-order valence-electron chi connectivity index (χ3n) is 3.05. The molecule has 0 radical (unpaired) electrons. The molecule has 1 aromatic carbocycles. The molecule has 10 heteroatoms. The van der Waals surface area contributed by atoms with Gasteiger partial charge < -0.3 is 4.74 Å². The maximum atomic E-state index is 12.1. The Bertz CT molecular complexity index is 857. The van der Waals surface area contributed by atoms with Gasteiger partial charge >= 0.3 is 0 Å².